The Balaban J connectivity index is 2.07. The fraction of sp³-hybridized carbons (Fsp3) is 0.462. The third-order valence-electron chi connectivity index (χ3n) is 3.39. The highest BCUT2D eigenvalue weighted by Crippen LogP contribution is 2.25. The van der Waals surface area contributed by atoms with Crippen LogP contribution in [0.4, 0.5) is 0 Å². The van der Waals surface area contributed by atoms with Crippen LogP contribution in [0.3, 0.4) is 0 Å². The average Bonchev–Trinajstić information content (AvgIpc) is 2.39. The smallest absolute Gasteiger partial charge is 0.308 e. The molecular formula is C13H15ClN2O3. The van der Waals surface area contributed by atoms with Crippen LogP contribution in [0.25, 0.3) is 0 Å². The van der Waals surface area contributed by atoms with Crippen molar-refractivity contribution in [3.05, 3.63) is 29.0 Å². The van der Waals surface area contributed by atoms with Gasteiger partial charge in [-0.1, -0.05) is 24.4 Å². The predicted molar refractivity (Wildman–Crippen MR) is 70.1 cm³/mol. The molecule has 0 radical (unpaired) electrons. The van der Waals surface area contributed by atoms with Crippen molar-refractivity contribution in [1.82, 2.24) is 10.3 Å². The van der Waals surface area contributed by atoms with Gasteiger partial charge in [0.25, 0.3) is 5.91 Å². The highest BCUT2D eigenvalue weighted by Gasteiger charge is 2.31. The summed E-state index contributed by atoms with van der Waals surface area (Å²) in [6.45, 7) is 0. The first-order valence-electron chi connectivity index (χ1n) is 6.23. The second kappa shape index (κ2) is 6.02. The summed E-state index contributed by atoms with van der Waals surface area (Å²) in [5, 5.41) is 12.2. The van der Waals surface area contributed by atoms with Gasteiger partial charge in [-0.05, 0) is 25.0 Å². The molecule has 19 heavy (non-hydrogen) atoms. The molecule has 2 atom stereocenters. The number of hydrogen-bond donors (Lipinski definition) is 2. The monoisotopic (exact) mass is 282 g/mol. The zero-order valence-corrected chi connectivity index (χ0v) is 11.1. The number of halogens is 1. The van der Waals surface area contributed by atoms with Crippen molar-refractivity contribution in [3.8, 4) is 0 Å². The number of nitrogens with zero attached hydrogens (tertiary/aromatic N) is 1. The van der Waals surface area contributed by atoms with Gasteiger partial charge in [0.2, 0.25) is 0 Å². The molecule has 1 aromatic rings. The number of carbonyl (C=O) groups is 2. The van der Waals surface area contributed by atoms with E-state index in [1.54, 1.807) is 6.07 Å². The summed E-state index contributed by atoms with van der Waals surface area (Å²) < 4.78 is 0. The van der Waals surface area contributed by atoms with Crippen LogP contribution in [0.2, 0.25) is 5.15 Å². The van der Waals surface area contributed by atoms with E-state index in [0.29, 0.717) is 18.4 Å². The fourth-order valence-corrected chi connectivity index (χ4v) is 2.57. The van der Waals surface area contributed by atoms with Gasteiger partial charge < -0.3 is 10.4 Å². The second-order valence-corrected chi connectivity index (χ2v) is 5.06. The maximum absolute atomic E-state index is 12.0. The molecule has 1 aliphatic carbocycles. The molecule has 6 heteroatoms. The standard InChI is InChI=1S/C13H15ClN2O3/c14-11-7-8(5-6-15-11)12(17)16-10-4-2-1-3-9(10)13(18)19/h5-7,9-10H,1-4H2,(H,16,17)(H,18,19). The number of nitrogens with one attached hydrogen (secondary N) is 1. The lowest BCUT2D eigenvalue weighted by Gasteiger charge is -2.29. The summed E-state index contributed by atoms with van der Waals surface area (Å²) >= 11 is 5.73. The molecule has 0 saturated heterocycles. The first kappa shape index (κ1) is 13.8. The molecule has 102 valence electrons. The Morgan fingerprint density at radius 1 is 1.37 bits per heavy atom. The Morgan fingerprint density at radius 3 is 2.79 bits per heavy atom. The molecule has 0 spiro atoms. The van der Waals surface area contributed by atoms with Crippen LogP contribution in [-0.2, 0) is 4.79 Å². The van der Waals surface area contributed by atoms with Crippen LogP contribution in [0, 0.1) is 5.92 Å². The summed E-state index contributed by atoms with van der Waals surface area (Å²) in [5.74, 6) is -1.66. The average molecular weight is 283 g/mol. The number of hydrogen-bond acceptors (Lipinski definition) is 3. The molecule has 0 aliphatic heterocycles. The topological polar surface area (TPSA) is 79.3 Å². The molecule has 1 aromatic heterocycles. The number of amides is 1. The van der Waals surface area contributed by atoms with Crippen LogP contribution in [-0.4, -0.2) is 28.0 Å². The van der Waals surface area contributed by atoms with E-state index >= 15 is 0 Å². The fourth-order valence-electron chi connectivity index (χ4n) is 2.39. The van der Waals surface area contributed by atoms with Crippen LogP contribution >= 0.6 is 11.6 Å². The SMILES string of the molecule is O=C(NC1CCCCC1C(=O)O)c1ccnc(Cl)c1. The molecule has 2 rings (SSSR count). The quantitative estimate of drug-likeness (QED) is 0.832. The third kappa shape index (κ3) is 3.44. The van der Waals surface area contributed by atoms with E-state index in [1.807, 2.05) is 0 Å². The van der Waals surface area contributed by atoms with E-state index in [-0.39, 0.29) is 17.1 Å². The lowest BCUT2D eigenvalue weighted by atomic mass is 9.84. The van der Waals surface area contributed by atoms with Gasteiger partial charge in [0.1, 0.15) is 5.15 Å². The molecule has 2 unspecified atom stereocenters. The molecule has 1 amide bonds. The van der Waals surface area contributed by atoms with Crippen molar-refractivity contribution < 1.29 is 14.7 Å². The number of aromatic nitrogens is 1. The van der Waals surface area contributed by atoms with Gasteiger partial charge in [-0.2, -0.15) is 0 Å². The maximum atomic E-state index is 12.0. The lowest BCUT2D eigenvalue weighted by molar-refractivity contribution is -0.143. The highest BCUT2D eigenvalue weighted by atomic mass is 35.5. The maximum Gasteiger partial charge on any atom is 0.308 e. The van der Waals surface area contributed by atoms with Gasteiger partial charge in [0.15, 0.2) is 0 Å². The van der Waals surface area contributed by atoms with Crippen molar-refractivity contribution in [1.29, 1.82) is 0 Å². The molecule has 1 aliphatic rings. The van der Waals surface area contributed by atoms with Crippen LogP contribution in [0.1, 0.15) is 36.0 Å². The van der Waals surface area contributed by atoms with Gasteiger partial charge in [-0.3, -0.25) is 9.59 Å². The summed E-state index contributed by atoms with van der Waals surface area (Å²) in [7, 11) is 0. The number of carboxylic acids is 1. The van der Waals surface area contributed by atoms with Crippen molar-refractivity contribution in [3.63, 3.8) is 0 Å². The van der Waals surface area contributed by atoms with Crippen molar-refractivity contribution >= 4 is 23.5 Å². The number of rotatable bonds is 3. The lowest BCUT2D eigenvalue weighted by Crippen LogP contribution is -2.45. The summed E-state index contributed by atoms with van der Waals surface area (Å²) in [4.78, 5) is 27.0. The zero-order chi connectivity index (χ0) is 13.8. The molecule has 0 aromatic carbocycles. The molecule has 1 saturated carbocycles. The van der Waals surface area contributed by atoms with Gasteiger partial charge in [-0.15, -0.1) is 0 Å². The van der Waals surface area contributed by atoms with E-state index in [9.17, 15) is 9.59 Å². The van der Waals surface area contributed by atoms with Crippen LogP contribution in [0.5, 0.6) is 0 Å². The minimum absolute atomic E-state index is 0.242. The van der Waals surface area contributed by atoms with Gasteiger partial charge in [-0.25, -0.2) is 4.98 Å². The summed E-state index contributed by atoms with van der Waals surface area (Å²) in [5.41, 5.74) is 0.398. The van der Waals surface area contributed by atoms with Crippen molar-refractivity contribution in [2.45, 2.75) is 31.7 Å². The Hall–Kier alpha value is -1.62. The Bertz CT molecular complexity index is 493. The van der Waals surface area contributed by atoms with Crippen LogP contribution in [0.15, 0.2) is 18.3 Å². The molecule has 1 heterocycles. The van der Waals surface area contributed by atoms with E-state index < -0.39 is 11.9 Å². The van der Waals surface area contributed by atoms with Crippen molar-refractivity contribution in [2.75, 3.05) is 0 Å². The van der Waals surface area contributed by atoms with Gasteiger partial charge in [0.05, 0.1) is 5.92 Å². The first-order chi connectivity index (χ1) is 9.08. The third-order valence-corrected chi connectivity index (χ3v) is 3.60. The van der Waals surface area contributed by atoms with Gasteiger partial charge in [0, 0.05) is 17.8 Å². The second-order valence-electron chi connectivity index (χ2n) is 4.68. The minimum Gasteiger partial charge on any atom is -0.481 e. The van der Waals surface area contributed by atoms with E-state index in [0.717, 1.165) is 12.8 Å². The number of carboxylic acid groups (broad SMARTS) is 1. The first-order valence-corrected chi connectivity index (χ1v) is 6.61. The largest absolute Gasteiger partial charge is 0.481 e. The summed E-state index contributed by atoms with van der Waals surface area (Å²) in [6.07, 6.45) is 4.59. The normalized spacial score (nSPS) is 22.8. The molecule has 5 nitrogen and oxygen atoms in total. The number of aliphatic carboxylic acids is 1. The van der Waals surface area contributed by atoms with E-state index in [1.165, 1.54) is 12.3 Å². The van der Waals surface area contributed by atoms with E-state index in [4.69, 9.17) is 16.7 Å². The van der Waals surface area contributed by atoms with Crippen molar-refractivity contribution in [2.24, 2.45) is 5.92 Å². The molecule has 2 N–H and O–H groups in total. The Labute approximate surface area is 116 Å². The number of carbonyl (C=O) groups excluding carboxylic acids is 1. The molecule has 0 bridgehead atoms. The number of pyridine rings is 1. The minimum atomic E-state index is -0.849. The Morgan fingerprint density at radius 2 is 2.11 bits per heavy atom. The summed E-state index contributed by atoms with van der Waals surface area (Å²) in [6, 6.07) is 2.71. The Kier molecular flexibility index (Phi) is 4.37. The van der Waals surface area contributed by atoms with E-state index in [2.05, 4.69) is 10.3 Å². The van der Waals surface area contributed by atoms with Crippen LogP contribution < -0.4 is 5.32 Å². The molecule has 1 fully saturated rings. The van der Waals surface area contributed by atoms with Gasteiger partial charge >= 0.3 is 5.97 Å². The highest BCUT2D eigenvalue weighted by molar-refractivity contribution is 6.29. The predicted octanol–water partition coefficient (Wildman–Crippen LogP) is 2.11. The zero-order valence-electron chi connectivity index (χ0n) is 10.3. The molecular weight excluding hydrogens is 268 g/mol.